The number of aromatic carboxylic acids is 1. The fraction of sp³-hybridized carbons (Fsp3) is 0.286. The van der Waals surface area contributed by atoms with Crippen molar-refractivity contribution in [2.75, 3.05) is 0 Å². The minimum absolute atomic E-state index is 0.294. The van der Waals surface area contributed by atoms with Crippen LogP contribution in [-0.2, 0) is 13.0 Å². The Balaban J connectivity index is 2.31. The molecule has 1 aromatic carbocycles. The minimum atomic E-state index is -1.25. The second-order valence-corrected chi connectivity index (χ2v) is 4.31. The molecule has 5 heteroatoms. The van der Waals surface area contributed by atoms with Crippen molar-refractivity contribution in [1.82, 2.24) is 9.55 Å². The Morgan fingerprint density at radius 1 is 1.47 bits per heavy atom. The molecule has 0 bridgehead atoms. The highest BCUT2D eigenvalue weighted by molar-refractivity contribution is 5.88. The molecule has 0 amide bonds. The molecule has 1 heterocycles. The molecule has 0 fully saturated rings. The zero-order valence-electron chi connectivity index (χ0n) is 10.6. The molecule has 0 radical (unpaired) electrons. The molecule has 0 saturated heterocycles. The fourth-order valence-corrected chi connectivity index (χ4v) is 1.99. The van der Waals surface area contributed by atoms with Gasteiger partial charge in [0, 0.05) is 24.4 Å². The van der Waals surface area contributed by atoms with Gasteiger partial charge in [0.25, 0.3) is 0 Å². The Morgan fingerprint density at radius 3 is 2.95 bits per heavy atom. The van der Waals surface area contributed by atoms with Gasteiger partial charge < -0.3 is 9.67 Å². The van der Waals surface area contributed by atoms with Gasteiger partial charge in [0.1, 0.15) is 11.6 Å². The average molecular weight is 262 g/mol. The number of hydrogen-bond acceptors (Lipinski definition) is 2. The molecule has 2 aromatic rings. The van der Waals surface area contributed by atoms with Crippen molar-refractivity contribution in [2.45, 2.75) is 26.3 Å². The number of benzene rings is 1. The lowest BCUT2D eigenvalue weighted by molar-refractivity contribution is 0.0691. The number of aromatic nitrogens is 2. The summed E-state index contributed by atoms with van der Waals surface area (Å²) < 4.78 is 15.9. The van der Waals surface area contributed by atoms with Crippen LogP contribution in [0.5, 0.6) is 0 Å². The summed E-state index contributed by atoms with van der Waals surface area (Å²) in [4.78, 5) is 15.1. The van der Waals surface area contributed by atoms with Gasteiger partial charge in [-0.05, 0) is 12.5 Å². The summed E-state index contributed by atoms with van der Waals surface area (Å²) in [5, 5.41) is 8.90. The number of imidazole rings is 1. The van der Waals surface area contributed by atoms with E-state index in [2.05, 4.69) is 4.98 Å². The highest BCUT2D eigenvalue weighted by Crippen LogP contribution is 2.15. The number of carboxylic acids is 1. The predicted molar refractivity (Wildman–Crippen MR) is 68.7 cm³/mol. The van der Waals surface area contributed by atoms with Gasteiger partial charge in [0.2, 0.25) is 0 Å². The third-order valence-corrected chi connectivity index (χ3v) is 2.93. The average Bonchev–Trinajstić information content (AvgIpc) is 2.79. The second kappa shape index (κ2) is 5.65. The summed E-state index contributed by atoms with van der Waals surface area (Å²) in [7, 11) is 0. The van der Waals surface area contributed by atoms with E-state index in [1.807, 2.05) is 11.5 Å². The standard InChI is InChI=1S/C14H15FN2O2/c1-2-4-12-16-7-8-17(12)9-10-5-3-6-11(13(10)15)14(18)19/h3,5-8H,2,4,9H2,1H3,(H,18,19). The maximum Gasteiger partial charge on any atom is 0.338 e. The first-order chi connectivity index (χ1) is 9.13. The maximum absolute atomic E-state index is 14.0. The number of hydrogen-bond donors (Lipinski definition) is 1. The van der Waals surface area contributed by atoms with Crippen molar-refractivity contribution in [3.63, 3.8) is 0 Å². The first-order valence-electron chi connectivity index (χ1n) is 6.14. The number of carbonyl (C=O) groups is 1. The van der Waals surface area contributed by atoms with Crippen molar-refractivity contribution < 1.29 is 14.3 Å². The highest BCUT2D eigenvalue weighted by Gasteiger charge is 2.14. The van der Waals surface area contributed by atoms with Crippen LogP contribution in [0.4, 0.5) is 4.39 Å². The van der Waals surface area contributed by atoms with Crippen LogP contribution in [-0.4, -0.2) is 20.6 Å². The van der Waals surface area contributed by atoms with Gasteiger partial charge >= 0.3 is 5.97 Å². The summed E-state index contributed by atoms with van der Waals surface area (Å²) in [5.41, 5.74) is 0.0601. The lowest BCUT2D eigenvalue weighted by Crippen LogP contribution is -2.09. The van der Waals surface area contributed by atoms with Crippen molar-refractivity contribution in [1.29, 1.82) is 0 Å². The number of rotatable bonds is 5. The molecule has 0 spiro atoms. The van der Waals surface area contributed by atoms with Gasteiger partial charge in [-0.2, -0.15) is 0 Å². The van der Waals surface area contributed by atoms with Gasteiger partial charge in [-0.25, -0.2) is 14.2 Å². The van der Waals surface area contributed by atoms with Crippen LogP contribution in [0.1, 0.15) is 35.1 Å². The summed E-state index contributed by atoms with van der Waals surface area (Å²) >= 11 is 0. The molecule has 0 aliphatic carbocycles. The maximum atomic E-state index is 14.0. The molecular weight excluding hydrogens is 247 g/mol. The van der Waals surface area contributed by atoms with Gasteiger partial charge in [0.05, 0.1) is 12.1 Å². The first kappa shape index (κ1) is 13.3. The Bertz CT molecular complexity index is 593. The van der Waals surface area contributed by atoms with Gasteiger partial charge in [-0.1, -0.05) is 19.1 Å². The second-order valence-electron chi connectivity index (χ2n) is 4.31. The largest absolute Gasteiger partial charge is 0.478 e. The van der Waals surface area contributed by atoms with E-state index in [1.54, 1.807) is 24.5 Å². The molecule has 1 aromatic heterocycles. The van der Waals surface area contributed by atoms with E-state index in [4.69, 9.17) is 5.11 Å². The van der Waals surface area contributed by atoms with E-state index >= 15 is 0 Å². The van der Waals surface area contributed by atoms with E-state index in [1.165, 1.54) is 6.07 Å². The van der Waals surface area contributed by atoms with Crippen LogP contribution in [0.3, 0.4) is 0 Å². The van der Waals surface area contributed by atoms with Crippen LogP contribution in [0, 0.1) is 5.82 Å². The number of carboxylic acid groups (broad SMARTS) is 1. The number of nitrogens with zero attached hydrogens (tertiary/aromatic N) is 2. The van der Waals surface area contributed by atoms with Gasteiger partial charge in [0.15, 0.2) is 0 Å². The quantitative estimate of drug-likeness (QED) is 0.901. The normalized spacial score (nSPS) is 10.6. The topological polar surface area (TPSA) is 55.1 Å². The van der Waals surface area contributed by atoms with E-state index < -0.39 is 11.8 Å². The molecular formula is C14H15FN2O2. The lowest BCUT2D eigenvalue weighted by atomic mass is 10.1. The molecule has 4 nitrogen and oxygen atoms in total. The molecule has 0 unspecified atom stereocenters. The predicted octanol–water partition coefficient (Wildman–Crippen LogP) is 2.72. The third kappa shape index (κ3) is 2.81. The Morgan fingerprint density at radius 2 is 2.26 bits per heavy atom. The van der Waals surface area contributed by atoms with Crippen molar-refractivity contribution in [2.24, 2.45) is 0 Å². The summed E-state index contributed by atoms with van der Waals surface area (Å²) in [5.74, 6) is -1.05. The molecule has 0 atom stereocenters. The summed E-state index contributed by atoms with van der Waals surface area (Å²) in [6, 6.07) is 4.41. The third-order valence-electron chi connectivity index (χ3n) is 2.93. The Hall–Kier alpha value is -2.17. The molecule has 1 N–H and O–H groups in total. The summed E-state index contributed by atoms with van der Waals surface area (Å²) in [6.45, 7) is 2.34. The molecule has 0 saturated carbocycles. The van der Waals surface area contributed by atoms with E-state index in [0.717, 1.165) is 18.7 Å². The van der Waals surface area contributed by atoms with Gasteiger partial charge in [-0.3, -0.25) is 0 Å². The first-order valence-corrected chi connectivity index (χ1v) is 6.14. The van der Waals surface area contributed by atoms with E-state index in [-0.39, 0.29) is 5.56 Å². The molecule has 0 aliphatic rings. The van der Waals surface area contributed by atoms with Crippen LogP contribution < -0.4 is 0 Å². The van der Waals surface area contributed by atoms with Crippen molar-refractivity contribution >= 4 is 5.97 Å². The van der Waals surface area contributed by atoms with Crippen LogP contribution >= 0.6 is 0 Å². The number of aryl methyl sites for hydroxylation is 1. The molecule has 2 rings (SSSR count). The highest BCUT2D eigenvalue weighted by atomic mass is 19.1. The molecule has 0 aliphatic heterocycles. The van der Waals surface area contributed by atoms with E-state index in [0.29, 0.717) is 12.1 Å². The smallest absolute Gasteiger partial charge is 0.338 e. The molecule has 100 valence electrons. The van der Waals surface area contributed by atoms with Crippen LogP contribution in [0.15, 0.2) is 30.6 Å². The van der Waals surface area contributed by atoms with Crippen molar-refractivity contribution in [3.8, 4) is 0 Å². The lowest BCUT2D eigenvalue weighted by Gasteiger charge is -2.09. The zero-order chi connectivity index (χ0) is 13.8. The van der Waals surface area contributed by atoms with Crippen molar-refractivity contribution in [3.05, 3.63) is 53.4 Å². The Labute approximate surface area is 110 Å². The SMILES string of the molecule is CCCc1nccn1Cc1cccc(C(=O)O)c1F. The summed E-state index contributed by atoms with van der Waals surface area (Å²) in [6.07, 6.45) is 5.21. The van der Waals surface area contributed by atoms with E-state index in [9.17, 15) is 9.18 Å². The van der Waals surface area contributed by atoms with Crippen LogP contribution in [0.2, 0.25) is 0 Å². The monoisotopic (exact) mass is 262 g/mol. The minimum Gasteiger partial charge on any atom is -0.478 e. The number of halogens is 1. The van der Waals surface area contributed by atoms with Gasteiger partial charge in [-0.15, -0.1) is 0 Å². The zero-order valence-corrected chi connectivity index (χ0v) is 10.6. The Kier molecular flexibility index (Phi) is 3.94. The fourth-order valence-electron chi connectivity index (χ4n) is 1.99. The molecule has 19 heavy (non-hydrogen) atoms. The van der Waals surface area contributed by atoms with Crippen LogP contribution in [0.25, 0.3) is 0 Å².